The van der Waals surface area contributed by atoms with Gasteiger partial charge in [0, 0.05) is 17.9 Å². The van der Waals surface area contributed by atoms with Crippen molar-refractivity contribution < 1.29 is 0 Å². The minimum atomic E-state index is 0.627. The Morgan fingerprint density at radius 3 is 2.35 bits per heavy atom. The summed E-state index contributed by atoms with van der Waals surface area (Å²) in [6.07, 6.45) is 0.948. The van der Waals surface area contributed by atoms with Crippen LogP contribution in [-0.4, -0.2) is 11.7 Å². The largest absolute Gasteiger partial charge is 0.399 e. The summed E-state index contributed by atoms with van der Waals surface area (Å²) >= 11 is 5.25. The SMILES string of the molecule is Cc1ccc(CCNC(=S)Nc2ccc(N)cc2)cc1. The lowest BCUT2D eigenvalue weighted by molar-refractivity contribution is 0.873. The van der Waals surface area contributed by atoms with Gasteiger partial charge in [-0.05, 0) is 55.4 Å². The average molecular weight is 285 g/mol. The smallest absolute Gasteiger partial charge is 0.170 e. The van der Waals surface area contributed by atoms with Crippen molar-refractivity contribution in [3.8, 4) is 0 Å². The van der Waals surface area contributed by atoms with Gasteiger partial charge in [-0.1, -0.05) is 29.8 Å². The van der Waals surface area contributed by atoms with E-state index < -0.39 is 0 Å². The maximum atomic E-state index is 5.64. The van der Waals surface area contributed by atoms with E-state index in [-0.39, 0.29) is 0 Å². The standard InChI is InChI=1S/C16H19N3S/c1-12-2-4-13(5-3-12)10-11-18-16(20)19-15-8-6-14(17)7-9-15/h2-9H,10-11,17H2,1H3,(H2,18,19,20). The third kappa shape index (κ3) is 4.55. The number of nitrogens with two attached hydrogens (primary N) is 1. The highest BCUT2D eigenvalue weighted by atomic mass is 32.1. The van der Waals surface area contributed by atoms with Crippen LogP contribution in [0.15, 0.2) is 48.5 Å². The van der Waals surface area contributed by atoms with Crippen LogP contribution in [0.3, 0.4) is 0 Å². The Hall–Kier alpha value is -2.07. The monoisotopic (exact) mass is 285 g/mol. The molecule has 0 radical (unpaired) electrons. The molecule has 0 saturated heterocycles. The second-order valence-electron chi connectivity index (χ2n) is 4.74. The van der Waals surface area contributed by atoms with Crippen molar-refractivity contribution in [3.63, 3.8) is 0 Å². The van der Waals surface area contributed by atoms with Crippen LogP contribution in [0.5, 0.6) is 0 Å². The van der Waals surface area contributed by atoms with Crippen LogP contribution in [0.1, 0.15) is 11.1 Å². The van der Waals surface area contributed by atoms with Crippen LogP contribution in [0.4, 0.5) is 11.4 Å². The number of hydrogen-bond acceptors (Lipinski definition) is 2. The van der Waals surface area contributed by atoms with Gasteiger partial charge in [-0.2, -0.15) is 0 Å². The Morgan fingerprint density at radius 1 is 1.05 bits per heavy atom. The summed E-state index contributed by atoms with van der Waals surface area (Å²) < 4.78 is 0. The first-order valence-corrected chi connectivity index (χ1v) is 7.00. The van der Waals surface area contributed by atoms with E-state index in [1.165, 1.54) is 11.1 Å². The maximum Gasteiger partial charge on any atom is 0.170 e. The number of thiocarbonyl (C=S) groups is 1. The molecule has 20 heavy (non-hydrogen) atoms. The average Bonchev–Trinajstić information content (AvgIpc) is 2.44. The number of hydrogen-bond donors (Lipinski definition) is 3. The Labute approximate surface area is 125 Å². The minimum absolute atomic E-state index is 0.627. The fourth-order valence-corrected chi connectivity index (χ4v) is 2.04. The fourth-order valence-electron chi connectivity index (χ4n) is 1.82. The number of aryl methyl sites for hydroxylation is 1. The topological polar surface area (TPSA) is 50.1 Å². The van der Waals surface area contributed by atoms with Crippen LogP contribution in [0.2, 0.25) is 0 Å². The van der Waals surface area contributed by atoms with Crippen LogP contribution in [0, 0.1) is 6.92 Å². The molecule has 2 aromatic carbocycles. The van der Waals surface area contributed by atoms with Gasteiger partial charge >= 0.3 is 0 Å². The molecule has 0 amide bonds. The van der Waals surface area contributed by atoms with Crippen LogP contribution in [0.25, 0.3) is 0 Å². The first kappa shape index (κ1) is 14.3. The van der Waals surface area contributed by atoms with Gasteiger partial charge in [0.15, 0.2) is 5.11 Å². The van der Waals surface area contributed by atoms with Crippen molar-refractivity contribution in [1.29, 1.82) is 0 Å². The zero-order chi connectivity index (χ0) is 14.4. The van der Waals surface area contributed by atoms with E-state index in [0.717, 1.165) is 24.3 Å². The highest BCUT2D eigenvalue weighted by Crippen LogP contribution is 2.10. The van der Waals surface area contributed by atoms with E-state index in [0.29, 0.717) is 5.11 Å². The molecular formula is C16H19N3S. The zero-order valence-corrected chi connectivity index (χ0v) is 12.3. The molecule has 0 atom stereocenters. The number of rotatable bonds is 4. The van der Waals surface area contributed by atoms with Gasteiger partial charge in [0.1, 0.15) is 0 Å². The second kappa shape index (κ2) is 6.91. The minimum Gasteiger partial charge on any atom is -0.399 e. The molecule has 4 heteroatoms. The van der Waals surface area contributed by atoms with Crippen molar-refractivity contribution in [2.75, 3.05) is 17.6 Å². The summed E-state index contributed by atoms with van der Waals surface area (Å²) in [5, 5.41) is 6.95. The van der Waals surface area contributed by atoms with Crippen molar-refractivity contribution in [2.24, 2.45) is 0 Å². The third-order valence-corrected chi connectivity index (χ3v) is 3.23. The molecule has 0 aliphatic heterocycles. The summed E-state index contributed by atoms with van der Waals surface area (Å²) in [5.74, 6) is 0. The summed E-state index contributed by atoms with van der Waals surface area (Å²) in [6, 6.07) is 16.0. The van der Waals surface area contributed by atoms with E-state index in [9.17, 15) is 0 Å². The molecular weight excluding hydrogens is 266 g/mol. The fraction of sp³-hybridized carbons (Fsp3) is 0.188. The lowest BCUT2D eigenvalue weighted by Crippen LogP contribution is -2.30. The van der Waals surface area contributed by atoms with Gasteiger partial charge in [0.05, 0.1) is 0 Å². The van der Waals surface area contributed by atoms with Crippen molar-refractivity contribution in [2.45, 2.75) is 13.3 Å². The molecule has 104 valence electrons. The van der Waals surface area contributed by atoms with Gasteiger partial charge in [-0.25, -0.2) is 0 Å². The number of benzene rings is 2. The first-order chi connectivity index (χ1) is 9.63. The normalized spacial score (nSPS) is 10.1. The van der Waals surface area contributed by atoms with Crippen LogP contribution in [-0.2, 0) is 6.42 Å². The van der Waals surface area contributed by atoms with Gasteiger partial charge < -0.3 is 16.4 Å². The van der Waals surface area contributed by atoms with E-state index in [1.807, 2.05) is 24.3 Å². The van der Waals surface area contributed by atoms with Crippen LogP contribution < -0.4 is 16.4 Å². The molecule has 2 rings (SSSR count). The molecule has 0 fully saturated rings. The third-order valence-electron chi connectivity index (χ3n) is 2.99. The lowest BCUT2D eigenvalue weighted by Gasteiger charge is -2.10. The number of nitrogen functional groups attached to an aromatic ring is 1. The number of anilines is 2. The van der Waals surface area contributed by atoms with E-state index in [2.05, 4.69) is 41.8 Å². The molecule has 4 N–H and O–H groups in total. The molecule has 0 aliphatic carbocycles. The summed E-state index contributed by atoms with van der Waals surface area (Å²) in [7, 11) is 0. The van der Waals surface area contributed by atoms with Crippen LogP contribution >= 0.6 is 12.2 Å². The molecule has 0 aliphatic rings. The van der Waals surface area contributed by atoms with Crippen molar-refractivity contribution >= 4 is 28.7 Å². The molecule has 0 unspecified atom stereocenters. The highest BCUT2D eigenvalue weighted by Gasteiger charge is 1.98. The van der Waals surface area contributed by atoms with Gasteiger partial charge in [-0.3, -0.25) is 0 Å². The molecule has 0 aromatic heterocycles. The molecule has 0 saturated carbocycles. The summed E-state index contributed by atoms with van der Waals surface area (Å²) in [5.41, 5.74) is 9.90. The van der Waals surface area contributed by atoms with Crippen molar-refractivity contribution in [3.05, 3.63) is 59.7 Å². The van der Waals surface area contributed by atoms with Crippen molar-refractivity contribution in [1.82, 2.24) is 5.32 Å². The molecule has 2 aromatic rings. The van der Waals surface area contributed by atoms with Gasteiger partial charge in [0.25, 0.3) is 0 Å². The predicted molar refractivity (Wildman–Crippen MR) is 90.0 cm³/mol. The molecule has 0 heterocycles. The molecule has 3 nitrogen and oxygen atoms in total. The van der Waals surface area contributed by atoms with Gasteiger partial charge in [-0.15, -0.1) is 0 Å². The molecule has 0 spiro atoms. The van der Waals surface area contributed by atoms with E-state index in [4.69, 9.17) is 18.0 Å². The Balaban J connectivity index is 1.75. The predicted octanol–water partition coefficient (Wildman–Crippen LogP) is 3.11. The van der Waals surface area contributed by atoms with Gasteiger partial charge in [0.2, 0.25) is 0 Å². The highest BCUT2D eigenvalue weighted by molar-refractivity contribution is 7.80. The summed E-state index contributed by atoms with van der Waals surface area (Å²) in [4.78, 5) is 0. The van der Waals surface area contributed by atoms with E-state index in [1.54, 1.807) is 0 Å². The maximum absolute atomic E-state index is 5.64. The van der Waals surface area contributed by atoms with E-state index >= 15 is 0 Å². The Bertz CT molecular complexity index is 561. The second-order valence-corrected chi connectivity index (χ2v) is 5.15. The number of nitrogens with one attached hydrogen (secondary N) is 2. The summed E-state index contributed by atoms with van der Waals surface area (Å²) in [6.45, 7) is 2.90. The molecule has 0 bridgehead atoms. The lowest BCUT2D eigenvalue weighted by atomic mass is 10.1. The Morgan fingerprint density at radius 2 is 1.70 bits per heavy atom. The first-order valence-electron chi connectivity index (χ1n) is 6.59. The Kier molecular flexibility index (Phi) is 4.96. The zero-order valence-electron chi connectivity index (χ0n) is 11.5. The quantitative estimate of drug-likeness (QED) is 0.597.